The van der Waals surface area contributed by atoms with Gasteiger partial charge in [-0.15, -0.1) is 0 Å². The summed E-state index contributed by atoms with van der Waals surface area (Å²) in [6.07, 6.45) is -4.37. The molecule has 0 radical (unpaired) electrons. The van der Waals surface area contributed by atoms with Crippen molar-refractivity contribution in [3.8, 4) is 5.75 Å². The molecule has 0 amide bonds. The maximum Gasteiger partial charge on any atom is 0.416 e. The molecular weight excluding hydrogens is 357 g/mol. The van der Waals surface area contributed by atoms with Crippen molar-refractivity contribution in [3.05, 3.63) is 64.2 Å². The van der Waals surface area contributed by atoms with Gasteiger partial charge in [-0.25, -0.2) is 4.79 Å². The molecule has 25 heavy (non-hydrogen) atoms. The summed E-state index contributed by atoms with van der Waals surface area (Å²) >= 11 is 6.01. The van der Waals surface area contributed by atoms with Gasteiger partial charge in [0.2, 0.25) is 0 Å². The summed E-state index contributed by atoms with van der Waals surface area (Å²) in [5, 5.41) is 0.261. The van der Waals surface area contributed by atoms with E-state index in [0.717, 1.165) is 6.07 Å². The number of carbonyl (C=O) groups is 1. The molecule has 7 heteroatoms. The number of halogens is 4. The summed E-state index contributed by atoms with van der Waals surface area (Å²) in [5.74, 6) is -0.303. The molecular formula is C18H16ClF3O3. The fourth-order valence-electron chi connectivity index (χ4n) is 2.24. The lowest BCUT2D eigenvalue weighted by atomic mass is 10.0. The van der Waals surface area contributed by atoms with E-state index in [1.54, 1.807) is 13.0 Å². The van der Waals surface area contributed by atoms with E-state index in [1.807, 2.05) is 0 Å². The smallest absolute Gasteiger partial charge is 0.416 e. The van der Waals surface area contributed by atoms with Gasteiger partial charge >= 0.3 is 12.1 Å². The lowest BCUT2D eigenvalue weighted by Crippen LogP contribution is -2.12. The van der Waals surface area contributed by atoms with Crippen LogP contribution in [0, 0.1) is 0 Å². The fraction of sp³-hybridized carbons (Fsp3) is 0.278. The topological polar surface area (TPSA) is 35.5 Å². The van der Waals surface area contributed by atoms with Crippen LogP contribution in [0.3, 0.4) is 0 Å². The summed E-state index contributed by atoms with van der Waals surface area (Å²) in [6, 6.07) is 9.70. The maximum atomic E-state index is 13.0. The molecule has 0 aliphatic carbocycles. The normalized spacial score (nSPS) is 11.2. The second-order valence-corrected chi connectivity index (χ2v) is 5.53. The molecule has 3 nitrogen and oxygen atoms in total. The molecule has 0 aromatic heterocycles. The lowest BCUT2D eigenvalue weighted by Gasteiger charge is -2.14. The Morgan fingerprint density at radius 3 is 2.56 bits per heavy atom. The maximum absolute atomic E-state index is 13.0. The summed E-state index contributed by atoms with van der Waals surface area (Å²) in [7, 11) is 0. The Morgan fingerprint density at radius 2 is 1.88 bits per heavy atom. The summed E-state index contributed by atoms with van der Waals surface area (Å²) < 4.78 is 49.2. The van der Waals surface area contributed by atoms with Crippen molar-refractivity contribution in [2.75, 3.05) is 13.2 Å². The van der Waals surface area contributed by atoms with Crippen LogP contribution in [0.5, 0.6) is 5.75 Å². The van der Waals surface area contributed by atoms with Crippen LogP contribution in [-0.4, -0.2) is 19.2 Å². The van der Waals surface area contributed by atoms with Crippen molar-refractivity contribution in [2.24, 2.45) is 0 Å². The van der Waals surface area contributed by atoms with Crippen molar-refractivity contribution in [3.63, 3.8) is 0 Å². The van der Waals surface area contributed by atoms with E-state index in [1.165, 1.54) is 30.3 Å². The van der Waals surface area contributed by atoms with Crippen LogP contribution >= 0.6 is 11.6 Å². The van der Waals surface area contributed by atoms with Crippen molar-refractivity contribution in [1.29, 1.82) is 0 Å². The first-order valence-electron chi connectivity index (χ1n) is 7.57. The molecule has 0 N–H and O–H groups in total. The molecule has 0 aliphatic rings. The van der Waals surface area contributed by atoms with Crippen molar-refractivity contribution < 1.29 is 27.4 Å². The Balaban J connectivity index is 2.08. The quantitative estimate of drug-likeness (QED) is 0.657. The largest absolute Gasteiger partial charge is 0.492 e. The number of hydrogen-bond acceptors (Lipinski definition) is 3. The van der Waals surface area contributed by atoms with E-state index in [4.69, 9.17) is 21.1 Å². The number of hydrogen-bond donors (Lipinski definition) is 0. The minimum atomic E-state index is -4.42. The molecule has 0 bridgehead atoms. The number of ether oxygens (including phenoxy) is 2. The van der Waals surface area contributed by atoms with Gasteiger partial charge < -0.3 is 9.47 Å². The van der Waals surface area contributed by atoms with E-state index in [0.29, 0.717) is 0 Å². The van der Waals surface area contributed by atoms with Crippen LogP contribution in [0.25, 0.3) is 0 Å². The fourth-order valence-corrected chi connectivity index (χ4v) is 2.41. The van der Waals surface area contributed by atoms with Crippen LogP contribution in [-0.2, 0) is 17.3 Å². The lowest BCUT2D eigenvalue weighted by molar-refractivity contribution is -0.138. The van der Waals surface area contributed by atoms with Gasteiger partial charge in [-0.2, -0.15) is 13.2 Å². The highest BCUT2D eigenvalue weighted by atomic mass is 35.5. The van der Waals surface area contributed by atoms with Crippen LogP contribution in [0.4, 0.5) is 13.2 Å². The van der Waals surface area contributed by atoms with Gasteiger partial charge in [0, 0.05) is 6.42 Å². The average Bonchev–Trinajstić information content (AvgIpc) is 2.56. The molecule has 0 atom stereocenters. The molecule has 0 saturated carbocycles. The Bertz CT molecular complexity index is 745. The monoisotopic (exact) mass is 372 g/mol. The van der Waals surface area contributed by atoms with Gasteiger partial charge in [0.25, 0.3) is 0 Å². The Morgan fingerprint density at radius 1 is 1.16 bits per heavy atom. The summed E-state index contributed by atoms with van der Waals surface area (Å²) in [4.78, 5) is 11.7. The second kappa shape index (κ2) is 8.25. The number of benzene rings is 2. The molecule has 134 valence electrons. The highest BCUT2D eigenvalue weighted by Crippen LogP contribution is 2.32. The molecule has 0 spiro atoms. The molecule has 0 saturated heterocycles. The van der Waals surface area contributed by atoms with Crippen molar-refractivity contribution in [2.45, 2.75) is 19.5 Å². The third-order valence-corrected chi connectivity index (χ3v) is 3.71. The van der Waals surface area contributed by atoms with Gasteiger partial charge in [0.1, 0.15) is 5.75 Å². The van der Waals surface area contributed by atoms with Crippen LogP contribution < -0.4 is 4.74 Å². The average molecular weight is 373 g/mol. The van der Waals surface area contributed by atoms with Crippen molar-refractivity contribution >= 4 is 17.6 Å². The zero-order valence-corrected chi connectivity index (χ0v) is 14.2. The van der Waals surface area contributed by atoms with Crippen LogP contribution in [0.15, 0.2) is 42.5 Å². The first-order chi connectivity index (χ1) is 11.8. The van der Waals surface area contributed by atoms with Crippen LogP contribution in [0.1, 0.15) is 28.4 Å². The molecule has 2 rings (SSSR count). The number of alkyl halides is 3. The Hall–Kier alpha value is -2.21. The second-order valence-electron chi connectivity index (χ2n) is 5.12. The van der Waals surface area contributed by atoms with Crippen molar-refractivity contribution in [1.82, 2.24) is 0 Å². The predicted molar refractivity (Wildman–Crippen MR) is 88.1 cm³/mol. The minimum absolute atomic E-state index is 0.0148. The van der Waals surface area contributed by atoms with E-state index in [-0.39, 0.29) is 41.5 Å². The number of esters is 1. The van der Waals surface area contributed by atoms with E-state index in [2.05, 4.69) is 0 Å². The first kappa shape index (κ1) is 19.1. The Kier molecular flexibility index (Phi) is 6.31. The van der Waals surface area contributed by atoms with E-state index >= 15 is 0 Å². The predicted octanol–water partition coefficient (Wildman–Crippen LogP) is 5.16. The molecule has 0 heterocycles. The summed E-state index contributed by atoms with van der Waals surface area (Å²) in [5.41, 5.74) is -0.297. The molecule has 2 aromatic rings. The minimum Gasteiger partial charge on any atom is -0.492 e. The highest BCUT2D eigenvalue weighted by Gasteiger charge is 2.32. The van der Waals surface area contributed by atoms with E-state index < -0.39 is 17.7 Å². The van der Waals surface area contributed by atoms with Crippen LogP contribution in [0.2, 0.25) is 5.02 Å². The standard InChI is InChI=1S/C18H16ClF3O3/c1-2-24-17(23)13-7-8-15(19)16(11-13)25-10-9-12-5-3-4-6-14(12)18(20,21)22/h3-8,11H,2,9-10H2,1H3. The first-order valence-corrected chi connectivity index (χ1v) is 7.95. The summed E-state index contributed by atoms with van der Waals surface area (Å²) in [6.45, 7) is 1.90. The van der Waals surface area contributed by atoms with Gasteiger partial charge in [-0.05, 0) is 36.8 Å². The zero-order chi connectivity index (χ0) is 18.4. The van der Waals surface area contributed by atoms with Gasteiger partial charge in [0.05, 0.1) is 29.4 Å². The van der Waals surface area contributed by atoms with Gasteiger partial charge in [-0.1, -0.05) is 29.8 Å². The third-order valence-electron chi connectivity index (χ3n) is 3.39. The zero-order valence-electron chi connectivity index (χ0n) is 13.4. The Labute approximate surface area is 148 Å². The van der Waals surface area contributed by atoms with Gasteiger partial charge in [0.15, 0.2) is 0 Å². The highest BCUT2D eigenvalue weighted by molar-refractivity contribution is 6.32. The molecule has 0 fully saturated rings. The SMILES string of the molecule is CCOC(=O)c1ccc(Cl)c(OCCc2ccccc2C(F)(F)F)c1. The molecule has 0 aliphatic heterocycles. The van der Waals surface area contributed by atoms with Gasteiger partial charge in [-0.3, -0.25) is 0 Å². The molecule has 0 unspecified atom stereocenters. The number of carbonyl (C=O) groups excluding carboxylic acids is 1. The molecule has 2 aromatic carbocycles. The van der Waals surface area contributed by atoms with E-state index in [9.17, 15) is 18.0 Å². The number of rotatable bonds is 6. The third kappa shape index (κ3) is 5.13.